The highest BCUT2D eigenvalue weighted by atomic mass is 35.5. The summed E-state index contributed by atoms with van der Waals surface area (Å²) in [5, 5.41) is 12.8. The van der Waals surface area contributed by atoms with Crippen molar-refractivity contribution in [2.24, 2.45) is 0 Å². The second-order valence-corrected chi connectivity index (χ2v) is 6.11. The molecule has 0 saturated carbocycles. The highest BCUT2D eigenvalue weighted by Gasteiger charge is 2.06. The van der Waals surface area contributed by atoms with Crippen molar-refractivity contribution in [3.05, 3.63) is 33.8 Å². The van der Waals surface area contributed by atoms with Crippen LogP contribution in [0, 0.1) is 0 Å². The number of nitrogens with one attached hydrogen (secondary N) is 1. The number of amides is 2. The van der Waals surface area contributed by atoms with Crippen LogP contribution < -0.4 is 5.32 Å². The monoisotopic (exact) mass is 336 g/mol. The Hall–Kier alpha value is -0.620. The average molecular weight is 337 g/mol. The van der Waals surface area contributed by atoms with Gasteiger partial charge in [-0.2, -0.15) is 11.8 Å². The van der Waals surface area contributed by atoms with Gasteiger partial charge in [0.1, 0.15) is 0 Å². The highest BCUT2D eigenvalue weighted by Crippen LogP contribution is 2.24. The number of urea groups is 1. The summed E-state index contributed by atoms with van der Waals surface area (Å²) in [6.07, 6.45) is 0. The second-order valence-electron chi connectivity index (χ2n) is 4.17. The topological polar surface area (TPSA) is 52.6 Å². The molecule has 1 aromatic rings. The lowest BCUT2D eigenvalue weighted by molar-refractivity contribution is 0.191. The number of likely N-dealkylation sites (N-methyl/N-ethyl adjacent to an activating group) is 1. The Morgan fingerprint density at radius 3 is 2.85 bits per heavy atom. The minimum Gasteiger partial charge on any atom is -0.395 e. The number of halogens is 2. The van der Waals surface area contributed by atoms with E-state index in [0.29, 0.717) is 23.1 Å². The van der Waals surface area contributed by atoms with E-state index in [4.69, 9.17) is 28.3 Å². The molecule has 0 aromatic heterocycles. The molecular formula is C13H18Cl2N2O2S. The normalized spacial score (nSPS) is 10.4. The fourth-order valence-electron chi connectivity index (χ4n) is 1.44. The van der Waals surface area contributed by atoms with Crippen LogP contribution in [-0.2, 0) is 5.75 Å². The first-order valence-corrected chi connectivity index (χ1v) is 8.07. The van der Waals surface area contributed by atoms with Gasteiger partial charge in [-0.05, 0) is 17.7 Å². The van der Waals surface area contributed by atoms with Crippen LogP contribution in [-0.4, -0.2) is 48.5 Å². The zero-order valence-corrected chi connectivity index (χ0v) is 13.6. The van der Waals surface area contributed by atoms with Crippen LogP contribution in [0.4, 0.5) is 4.79 Å². The third-order valence-electron chi connectivity index (χ3n) is 2.58. The van der Waals surface area contributed by atoms with Gasteiger partial charge >= 0.3 is 6.03 Å². The Morgan fingerprint density at radius 2 is 2.20 bits per heavy atom. The molecule has 0 spiro atoms. The largest absolute Gasteiger partial charge is 0.395 e. The number of thioether (sulfide) groups is 1. The summed E-state index contributed by atoms with van der Waals surface area (Å²) in [7, 11) is 1.65. The molecule has 4 nitrogen and oxygen atoms in total. The molecule has 0 saturated heterocycles. The number of nitrogens with zero attached hydrogens (tertiary/aromatic N) is 1. The number of benzene rings is 1. The first kappa shape index (κ1) is 17.4. The van der Waals surface area contributed by atoms with E-state index in [1.807, 2.05) is 12.1 Å². The number of carbonyl (C=O) groups is 1. The van der Waals surface area contributed by atoms with E-state index in [2.05, 4.69) is 5.32 Å². The number of hydrogen-bond acceptors (Lipinski definition) is 3. The van der Waals surface area contributed by atoms with Crippen molar-refractivity contribution in [2.75, 3.05) is 32.5 Å². The Morgan fingerprint density at radius 1 is 1.45 bits per heavy atom. The fraction of sp³-hybridized carbons (Fsp3) is 0.462. The quantitative estimate of drug-likeness (QED) is 0.753. The summed E-state index contributed by atoms with van der Waals surface area (Å²) in [6.45, 7) is 0.873. The summed E-state index contributed by atoms with van der Waals surface area (Å²) < 4.78 is 0. The van der Waals surface area contributed by atoms with Crippen LogP contribution in [0.1, 0.15) is 5.56 Å². The van der Waals surface area contributed by atoms with Gasteiger partial charge in [-0.25, -0.2) is 4.79 Å². The summed E-state index contributed by atoms with van der Waals surface area (Å²) in [6, 6.07) is 5.27. The predicted octanol–water partition coefficient (Wildman–Crippen LogP) is 2.86. The molecule has 7 heteroatoms. The van der Waals surface area contributed by atoms with E-state index >= 15 is 0 Å². The standard InChI is InChI=1S/C13H18Cl2N2O2S/c1-17(5-6-18)13(19)16-4-7-20-9-10-2-3-11(14)8-12(10)15/h2-3,8,18H,4-7,9H2,1H3,(H,16,19). The van der Waals surface area contributed by atoms with E-state index in [-0.39, 0.29) is 12.6 Å². The zero-order valence-electron chi connectivity index (χ0n) is 11.2. The molecule has 2 amide bonds. The van der Waals surface area contributed by atoms with Crippen LogP contribution in [0.15, 0.2) is 18.2 Å². The molecule has 0 heterocycles. The maximum Gasteiger partial charge on any atom is 0.317 e. The van der Waals surface area contributed by atoms with Crippen molar-refractivity contribution < 1.29 is 9.90 Å². The van der Waals surface area contributed by atoms with Gasteiger partial charge in [-0.1, -0.05) is 29.3 Å². The number of rotatable bonds is 7. The van der Waals surface area contributed by atoms with Crippen molar-refractivity contribution in [3.8, 4) is 0 Å². The zero-order chi connectivity index (χ0) is 15.0. The predicted molar refractivity (Wildman–Crippen MR) is 85.7 cm³/mol. The summed E-state index contributed by atoms with van der Waals surface area (Å²) in [5.41, 5.74) is 1.03. The van der Waals surface area contributed by atoms with Gasteiger partial charge in [-0.3, -0.25) is 0 Å². The number of aliphatic hydroxyl groups is 1. The van der Waals surface area contributed by atoms with Crippen LogP contribution in [0.3, 0.4) is 0 Å². The molecule has 0 radical (unpaired) electrons. The third-order valence-corrected chi connectivity index (χ3v) is 4.17. The van der Waals surface area contributed by atoms with Gasteiger partial charge in [0.05, 0.1) is 6.61 Å². The average Bonchev–Trinajstić information content (AvgIpc) is 2.40. The molecule has 112 valence electrons. The van der Waals surface area contributed by atoms with Gasteiger partial charge in [-0.15, -0.1) is 0 Å². The molecule has 0 atom stereocenters. The van der Waals surface area contributed by atoms with Gasteiger partial charge in [0.2, 0.25) is 0 Å². The van der Waals surface area contributed by atoms with Crippen molar-refractivity contribution in [1.29, 1.82) is 0 Å². The van der Waals surface area contributed by atoms with Gasteiger partial charge in [0.25, 0.3) is 0 Å². The highest BCUT2D eigenvalue weighted by molar-refractivity contribution is 7.98. The minimum absolute atomic E-state index is 0.0340. The van der Waals surface area contributed by atoms with Crippen LogP contribution in [0.25, 0.3) is 0 Å². The van der Waals surface area contributed by atoms with Crippen LogP contribution in [0.5, 0.6) is 0 Å². The van der Waals surface area contributed by atoms with E-state index in [1.165, 1.54) is 4.90 Å². The van der Waals surface area contributed by atoms with Crippen LogP contribution >= 0.6 is 35.0 Å². The molecule has 1 rings (SSSR count). The third kappa shape index (κ3) is 6.22. The molecule has 0 aliphatic heterocycles. The number of hydrogen-bond donors (Lipinski definition) is 2. The molecule has 0 aliphatic rings. The van der Waals surface area contributed by atoms with Crippen molar-refractivity contribution in [2.45, 2.75) is 5.75 Å². The van der Waals surface area contributed by atoms with Crippen molar-refractivity contribution >= 4 is 41.0 Å². The molecular weight excluding hydrogens is 319 g/mol. The van der Waals surface area contributed by atoms with Gasteiger partial charge < -0.3 is 15.3 Å². The molecule has 1 aromatic carbocycles. The lowest BCUT2D eigenvalue weighted by atomic mass is 10.2. The summed E-state index contributed by atoms with van der Waals surface area (Å²) >= 11 is 13.6. The molecule has 20 heavy (non-hydrogen) atoms. The Balaban J connectivity index is 2.20. The van der Waals surface area contributed by atoms with E-state index < -0.39 is 0 Å². The lowest BCUT2D eigenvalue weighted by Gasteiger charge is -2.16. The molecule has 0 fully saturated rings. The van der Waals surface area contributed by atoms with Crippen LogP contribution in [0.2, 0.25) is 10.0 Å². The molecule has 2 N–H and O–H groups in total. The summed E-state index contributed by atoms with van der Waals surface area (Å²) in [4.78, 5) is 13.0. The Labute approximate surface area is 133 Å². The van der Waals surface area contributed by atoms with E-state index in [9.17, 15) is 4.79 Å². The molecule has 0 bridgehead atoms. The second kappa shape index (κ2) is 9.34. The molecule has 0 unspecified atom stereocenters. The first-order valence-electron chi connectivity index (χ1n) is 6.16. The van der Waals surface area contributed by atoms with E-state index in [1.54, 1.807) is 24.9 Å². The molecule has 0 aliphatic carbocycles. The van der Waals surface area contributed by atoms with Crippen molar-refractivity contribution in [3.63, 3.8) is 0 Å². The first-order chi connectivity index (χ1) is 9.54. The maximum atomic E-state index is 11.5. The smallest absolute Gasteiger partial charge is 0.317 e. The lowest BCUT2D eigenvalue weighted by Crippen LogP contribution is -2.39. The van der Waals surface area contributed by atoms with Gasteiger partial charge in [0.15, 0.2) is 0 Å². The van der Waals surface area contributed by atoms with Crippen molar-refractivity contribution in [1.82, 2.24) is 10.2 Å². The SMILES string of the molecule is CN(CCO)C(=O)NCCSCc1ccc(Cl)cc1Cl. The Kier molecular flexibility index (Phi) is 8.14. The number of aliphatic hydroxyl groups excluding tert-OH is 1. The van der Waals surface area contributed by atoms with E-state index in [0.717, 1.165) is 17.1 Å². The maximum absolute atomic E-state index is 11.5. The fourth-order valence-corrected chi connectivity index (χ4v) is 2.85. The minimum atomic E-state index is -0.177. The Bertz CT molecular complexity index is 446. The summed E-state index contributed by atoms with van der Waals surface area (Å²) in [5.74, 6) is 1.57. The van der Waals surface area contributed by atoms with Gasteiger partial charge in [0, 0.05) is 41.7 Å². The number of carbonyl (C=O) groups excluding carboxylic acids is 1.